The van der Waals surface area contributed by atoms with E-state index in [0.717, 1.165) is 13.3 Å². The van der Waals surface area contributed by atoms with Gasteiger partial charge in [0.2, 0.25) is 0 Å². The first-order valence-corrected chi connectivity index (χ1v) is 8.19. The number of carbonyl (C=O) groups is 1. The number of ether oxygens (including phenoxy) is 1. The highest BCUT2D eigenvalue weighted by Gasteiger charge is 2.13. The lowest BCUT2D eigenvalue weighted by Gasteiger charge is -2.07. The lowest BCUT2D eigenvalue weighted by atomic mass is 10.2. The Hall–Kier alpha value is -0.890. The Kier molecular flexibility index (Phi) is 5.59. The van der Waals surface area contributed by atoms with Crippen LogP contribution in [-0.2, 0) is 0 Å². The molecule has 0 aliphatic heterocycles. The number of halogens is 2. The van der Waals surface area contributed by atoms with E-state index in [2.05, 4.69) is 37.2 Å². The van der Waals surface area contributed by atoms with Crippen LogP contribution in [0.3, 0.4) is 0 Å². The van der Waals surface area contributed by atoms with Crippen molar-refractivity contribution in [1.29, 1.82) is 0 Å². The van der Waals surface area contributed by atoms with Crippen LogP contribution in [0.2, 0.25) is 0 Å². The van der Waals surface area contributed by atoms with Crippen LogP contribution in [0.1, 0.15) is 10.4 Å². The van der Waals surface area contributed by atoms with Crippen LogP contribution >= 0.6 is 43.2 Å². The maximum absolute atomic E-state index is 12.1. The number of carbonyl (C=O) groups excluding carboxylic acids is 1. The van der Waals surface area contributed by atoms with E-state index in [0.29, 0.717) is 24.4 Å². The predicted molar refractivity (Wildman–Crippen MR) is 88.7 cm³/mol. The minimum absolute atomic E-state index is 0.158. The number of nitrogens with two attached hydrogens (primary N) is 1. The highest BCUT2D eigenvalue weighted by atomic mass is 79.9. The summed E-state index contributed by atoms with van der Waals surface area (Å²) >= 11 is 8.18. The monoisotopic (exact) mass is 418 g/mol. The number of hydrogen-bond donors (Lipinski definition) is 2. The molecule has 20 heavy (non-hydrogen) atoms. The van der Waals surface area contributed by atoms with Gasteiger partial charge >= 0.3 is 0 Å². The number of rotatable bonds is 5. The molecule has 0 radical (unpaired) electrons. The molecular weight excluding hydrogens is 408 g/mol. The average Bonchev–Trinajstić information content (AvgIpc) is 2.77. The van der Waals surface area contributed by atoms with Gasteiger partial charge in [-0.1, -0.05) is 0 Å². The first-order chi connectivity index (χ1) is 9.60. The van der Waals surface area contributed by atoms with E-state index >= 15 is 0 Å². The fraction of sp³-hybridized carbons (Fsp3) is 0.154. The number of nitrogens with one attached hydrogen (secondary N) is 1. The molecule has 7 heteroatoms. The molecule has 0 bridgehead atoms. The van der Waals surface area contributed by atoms with Gasteiger partial charge in [0.05, 0.1) is 13.1 Å². The second-order valence-electron chi connectivity index (χ2n) is 3.85. The van der Waals surface area contributed by atoms with E-state index < -0.39 is 0 Å². The molecular formula is C13H12Br2N2O2S. The molecule has 1 amide bonds. The predicted octanol–water partition coefficient (Wildman–Crippen LogP) is 3.86. The Bertz CT molecular complexity index is 599. The van der Waals surface area contributed by atoms with E-state index in [1.165, 1.54) is 11.3 Å². The molecule has 4 nitrogen and oxygen atoms in total. The van der Waals surface area contributed by atoms with Crippen molar-refractivity contribution in [1.82, 2.24) is 0 Å². The van der Waals surface area contributed by atoms with Crippen LogP contribution in [0.15, 0.2) is 37.9 Å². The van der Waals surface area contributed by atoms with Gasteiger partial charge in [0.15, 0.2) is 0 Å². The molecule has 0 saturated heterocycles. The van der Waals surface area contributed by atoms with Gasteiger partial charge in [0.25, 0.3) is 5.91 Å². The third-order valence-corrected chi connectivity index (χ3v) is 4.74. The first kappa shape index (κ1) is 15.5. The number of amides is 1. The summed E-state index contributed by atoms with van der Waals surface area (Å²) in [5, 5.41) is 2.83. The molecule has 1 heterocycles. The summed E-state index contributed by atoms with van der Waals surface area (Å²) < 4.78 is 7.07. The molecule has 0 aliphatic rings. The second-order valence-corrected chi connectivity index (χ2v) is 7.60. The van der Waals surface area contributed by atoms with Gasteiger partial charge < -0.3 is 15.8 Å². The van der Waals surface area contributed by atoms with Gasteiger partial charge in [-0.15, -0.1) is 11.3 Å². The van der Waals surface area contributed by atoms with Crippen LogP contribution < -0.4 is 15.8 Å². The van der Waals surface area contributed by atoms with Gasteiger partial charge in [-0.25, -0.2) is 0 Å². The summed E-state index contributed by atoms with van der Waals surface area (Å²) in [6.45, 7) is 0.946. The van der Waals surface area contributed by atoms with E-state index in [1.54, 1.807) is 30.3 Å². The van der Waals surface area contributed by atoms with Gasteiger partial charge in [-0.3, -0.25) is 4.79 Å². The third kappa shape index (κ3) is 4.05. The zero-order valence-corrected chi connectivity index (χ0v) is 14.3. The normalized spacial score (nSPS) is 10.3. The quantitative estimate of drug-likeness (QED) is 0.773. The van der Waals surface area contributed by atoms with Crippen LogP contribution in [0, 0.1) is 0 Å². The van der Waals surface area contributed by atoms with Crippen molar-refractivity contribution >= 4 is 54.8 Å². The fourth-order valence-corrected chi connectivity index (χ4v) is 4.30. The SMILES string of the molecule is NCCOc1ccc(NC(=O)c2cc(Br)sc2Br)cc1. The summed E-state index contributed by atoms with van der Waals surface area (Å²) in [5.74, 6) is 0.572. The molecule has 0 atom stereocenters. The Morgan fingerprint density at radius 1 is 1.30 bits per heavy atom. The van der Waals surface area contributed by atoms with Crippen molar-refractivity contribution in [2.45, 2.75) is 0 Å². The summed E-state index contributed by atoms with van der Waals surface area (Å²) in [6, 6.07) is 8.95. The number of thiophene rings is 1. The zero-order valence-electron chi connectivity index (χ0n) is 10.4. The lowest BCUT2D eigenvalue weighted by molar-refractivity contribution is 0.102. The van der Waals surface area contributed by atoms with Gasteiger partial charge in [-0.2, -0.15) is 0 Å². The number of benzene rings is 1. The Morgan fingerprint density at radius 3 is 2.55 bits per heavy atom. The van der Waals surface area contributed by atoms with Gasteiger partial charge in [-0.05, 0) is 62.2 Å². The summed E-state index contributed by atoms with van der Waals surface area (Å²) in [5.41, 5.74) is 6.68. The van der Waals surface area contributed by atoms with Crippen molar-refractivity contribution in [3.8, 4) is 5.75 Å². The molecule has 0 unspecified atom stereocenters. The molecule has 2 aromatic rings. The maximum atomic E-state index is 12.1. The van der Waals surface area contributed by atoms with Crippen LogP contribution in [0.4, 0.5) is 5.69 Å². The van der Waals surface area contributed by atoms with Gasteiger partial charge in [0, 0.05) is 12.2 Å². The summed E-state index contributed by atoms with van der Waals surface area (Å²) in [6.07, 6.45) is 0. The maximum Gasteiger partial charge on any atom is 0.257 e. The molecule has 0 aliphatic carbocycles. The molecule has 0 fully saturated rings. The molecule has 0 spiro atoms. The Labute approximate surface area is 137 Å². The third-order valence-electron chi connectivity index (χ3n) is 2.40. The minimum Gasteiger partial charge on any atom is -0.492 e. The standard InChI is InChI=1S/C13H12Br2N2O2S/c14-11-7-10(12(15)20-11)13(18)17-8-1-3-9(4-2-8)19-6-5-16/h1-4,7H,5-6,16H2,(H,17,18). The van der Waals surface area contributed by atoms with E-state index in [9.17, 15) is 4.79 Å². The molecule has 106 valence electrons. The van der Waals surface area contributed by atoms with Crippen LogP contribution in [-0.4, -0.2) is 19.1 Å². The van der Waals surface area contributed by atoms with Crippen LogP contribution in [0.5, 0.6) is 5.75 Å². The molecule has 1 aromatic carbocycles. The first-order valence-electron chi connectivity index (χ1n) is 5.79. The molecule has 3 N–H and O–H groups in total. The Morgan fingerprint density at radius 2 is 2.00 bits per heavy atom. The van der Waals surface area contributed by atoms with Gasteiger partial charge in [0.1, 0.15) is 12.4 Å². The smallest absolute Gasteiger partial charge is 0.257 e. The van der Waals surface area contributed by atoms with Crippen molar-refractivity contribution in [3.63, 3.8) is 0 Å². The minimum atomic E-state index is -0.158. The largest absolute Gasteiger partial charge is 0.492 e. The van der Waals surface area contributed by atoms with Crippen molar-refractivity contribution in [2.75, 3.05) is 18.5 Å². The van der Waals surface area contributed by atoms with Crippen molar-refractivity contribution in [2.24, 2.45) is 5.73 Å². The number of hydrogen-bond acceptors (Lipinski definition) is 4. The summed E-state index contributed by atoms with van der Waals surface area (Å²) in [4.78, 5) is 12.1. The summed E-state index contributed by atoms with van der Waals surface area (Å²) in [7, 11) is 0. The average molecular weight is 420 g/mol. The zero-order chi connectivity index (χ0) is 14.5. The topological polar surface area (TPSA) is 64.3 Å². The second kappa shape index (κ2) is 7.21. The highest BCUT2D eigenvalue weighted by Crippen LogP contribution is 2.32. The fourth-order valence-electron chi connectivity index (χ4n) is 1.50. The van der Waals surface area contributed by atoms with E-state index in [1.807, 2.05) is 0 Å². The van der Waals surface area contributed by atoms with Crippen LogP contribution in [0.25, 0.3) is 0 Å². The number of anilines is 1. The highest BCUT2D eigenvalue weighted by molar-refractivity contribution is 9.12. The lowest BCUT2D eigenvalue weighted by Crippen LogP contribution is -2.12. The molecule has 1 aromatic heterocycles. The van der Waals surface area contributed by atoms with Crippen molar-refractivity contribution < 1.29 is 9.53 Å². The van der Waals surface area contributed by atoms with E-state index in [4.69, 9.17) is 10.5 Å². The van der Waals surface area contributed by atoms with E-state index in [-0.39, 0.29) is 5.91 Å². The molecule has 0 saturated carbocycles. The molecule has 2 rings (SSSR count). The Balaban J connectivity index is 2.02. The van der Waals surface area contributed by atoms with Crippen molar-refractivity contribution in [3.05, 3.63) is 43.5 Å².